The molecular formula is C28H30N4O3. The molecule has 7 heteroatoms. The third-order valence-electron chi connectivity index (χ3n) is 7.91. The second kappa shape index (κ2) is 7.46. The molecule has 2 saturated heterocycles. The molecule has 2 amide bonds. The summed E-state index contributed by atoms with van der Waals surface area (Å²) in [5.74, 6) is -0.406. The van der Waals surface area contributed by atoms with Gasteiger partial charge in [-0.25, -0.2) is 0 Å². The first-order valence-corrected chi connectivity index (χ1v) is 12.2. The number of nitrogens with zero attached hydrogens (tertiary/aromatic N) is 1. The molecule has 35 heavy (non-hydrogen) atoms. The second-order valence-corrected chi connectivity index (χ2v) is 10.5. The molecule has 2 aromatic carbocycles. The topological polar surface area (TPSA) is 97.5 Å². The highest BCUT2D eigenvalue weighted by atomic mass is 16.3. The average molecular weight is 471 g/mol. The normalized spacial score (nSPS) is 28.9. The van der Waals surface area contributed by atoms with Gasteiger partial charge in [-0.15, -0.1) is 0 Å². The SMILES string of the molecule is CC(C)=CCc1cccc2c(C[C@@H]3NC(=O)[C@]4(C)C[C@]5(O)c6ccccc6N[C@@H]5N4C3=O)c[nH]c12. The highest BCUT2D eigenvalue weighted by molar-refractivity contribution is 6.01. The summed E-state index contributed by atoms with van der Waals surface area (Å²) in [6.45, 7) is 5.92. The number of aromatic amines is 1. The molecule has 0 aliphatic carbocycles. The van der Waals surface area contributed by atoms with E-state index in [1.807, 2.05) is 36.5 Å². The summed E-state index contributed by atoms with van der Waals surface area (Å²) in [7, 11) is 0. The Morgan fingerprint density at radius 1 is 1.11 bits per heavy atom. The number of carbonyl (C=O) groups is 2. The van der Waals surface area contributed by atoms with Crippen LogP contribution in [0.1, 0.15) is 43.9 Å². The van der Waals surface area contributed by atoms with Crippen molar-refractivity contribution in [3.05, 3.63) is 77.0 Å². The number of H-pyrrole nitrogens is 1. The molecule has 0 spiro atoms. The van der Waals surface area contributed by atoms with Crippen LogP contribution in [0, 0.1) is 0 Å². The number of allylic oxidation sites excluding steroid dienone is 2. The van der Waals surface area contributed by atoms with E-state index in [9.17, 15) is 14.7 Å². The van der Waals surface area contributed by atoms with Gasteiger partial charge in [0, 0.05) is 41.2 Å². The van der Waals surface area contributed by atoms with Crippen molar-refractivity contribution in [3.63, 3.8) is 0 Å². The lowest BCUT2D eigenvalue weighted by molar-refractivity contribution is -0.155. The fourth-order valence-corrected chi connectivity index (χ4v) is 6.16. The lowest BCUT2D eigenvalue weighted by Crippen LogP contribution is -2.69. The maximum absolute atomic E-state index is 13.8. The first-order valence-electron chi connectivity index (χ1n) is 12.2. The molecule has 7 nitrogen and oxygen atoms in total. The number of anilines is 1. The summed E-state index contributed by atoms with van der Waals surface area (Å²) >= 11 is 0. The van der Waals surface area contributed by atoms with Gasteiger partial charge in [-0.05, 0) is 44.4 Å². The monoisotopic (exact) mass is 470 g/mol. The van der Waals surface area contributed by atoms with E-state index in [0.717, 1.165) is 34.1 Å². The van der Waals surface area contributed by atoms with Crippen LogP contribution in [0.5, 0.6) is 0 Å². The van der Waals surface area contributed by atoms with E-state index in [1.54, 1.807) is 11.8 Å². The van der Waals surface area contributed by atoms with Gasteiger partial charge in [0.1, 0.15) is 23.3 Å². The van der Waals surface area contributed by atoms with Gasteiger partial charge in [0.05, 0.1) is 0 Å². The predicted octanol–water partition coefficient (Wildman–Crippen LogP) is 3.35. The lowest BCUT2D eigenvalue weighted by Gasteiger charge is -2.43. The van der Waals surface area contributed by atoms with E-state index >= 15 is 0 Å². The Kier molecular flexibility index (Phi) is 4.67. The van der Waals surface area contributed by atoms with E-state index in [4.69, 9.17) is 0 Å². The molecule has 0 radical (unpaired) electrons. The van der Waals surface area contributed by atoms with Crippen LogP contribution in [0.15, 0.2) is 60.3 Å². The van der Waals surface area contributed by atoms with Crippen molar-refractivity contribution in [3.8, 4) is 0 Å². The number of hydrogen-bond acceptors (Lipinski definition) is 4. The second-order valence-electron chi connectivity index (χ2n) is 10.5. The van der Waals surface area contributed by atoms with E-state index in [2.05, 4.69) is 47.7 Å². The minimum absolute atomic E-state index is 0.153. The van der Waals surface area contributed by atoms with Gasteiger partial charge in [0.25, 0.3) is 0 Å². The number of piperazine rings is 1. The van der Waals surface area contributed by atoms with E-state index in [-0.39, 0.29) is 18.2 Å². The number of amides is 2. The molecule has 4 heterocycles. The van der Waals surface area contributed by atoms with E-state index in [0.29, 0.717) is 6.42 Å². The number of benzene rings is 2. The first kappa shape index (κ1) is 21.9. The van der Waals surface area contributed by atoms with Gasteiger partial charge in [0.15, 0.2) is 0 Å². The van der Waals surface area contributed by atoms with Crippen molar-refractivity contribution in [2.45, 2.75) is 63.4 Å². The Hall–Kier alpha value is -3.58. The number of nitrogens with one attached hydrogen (secondary N) is 3. The van der Waals surface area contributed by atoms with E-state index in [1.165, 1.54) is 11.1 Å². The Labute approximate surface area is 204 Å². The Balaban J connectivity index is 1.32. The molecule has 6 rings (SSSR count). The number of para-hydroxylation sites is 2. The van der Waals surface area contributed by atoms with Gasteiger partial charge in [-0.2, -0.15) is 0 Å². The number of aliphatic hydroxyl groups is 1. The molecule has 0 unspecified atom stereocenters. The van der Waals surface area contributed by atoms with Crippen molar-refractivity contribution >= 4 is 28.4 Å². The molecule has 3 aromatic rings. The first-order chi connectivity index (χ1) is 16.7. The van der Waals surface area contributed by atoms with Crippen molar-refractivity contribution in [2.24, 2.45) is 0 Å². The van der Waals surface area contributed by atoms with Crippen LogP contribution in [0.3, 0.4) is 0 Å². The van der Waals surface area contributed by atoms with Crippen LogP contribution in [0.25, 0.3) is 10.9 Å². The smallest absolute Gasteiger partial charge is 0.248 e. The van der Waals surface area contributed by atoms with Crippen LogP contribution < -0.4 is 10.6 Å². The van der Waals surface area contributed by atoms with Crippen LogP contribution in [0.2, 0.25) is 0 Å². The maximum atomic E-state index is 13.8. The maximum Gasteiger partial charge on any atom is 0.248 e. The van der Waals surface area contributed by atoms with E-state index < -0.39 is 23.3 Å². The number of aromatic nitrogens is 1. The molecule has 3 aliphatic heterocycles. The minimum atomic E-state index is -1.31. The van der Waals surface area contributed by atoms with Crippen LogP contribution in [0.4, 0.5) is 5.69 Å². The standard InChI is InChI=1S/C28H30N4O3/c1-16(2)11-12-17-7-6-8-19-18(14-29-23(17)19)13-22-24(33)32-25-28(35,15-27(32,3)26(34)31-22)20-9-4-5-10-21(20)30-25/h4-11,14,22,25,29-30,35H,12-13,15H2,1-3H3,(H,31,34)/t22-,25+,27-,28-/m0/s1. The van der Waals surface area contributed by atoms with Gasteiger partial charge in [-0.1, -0.05) is 48.0 Å². The molecule has 1 aromatic heterocycles. The van der Waals surface area contributed by atoms with Crippen molar-refractivity contribution in [1.29, 1.82) is 0 Å². The quantitative estimate of drug-likeness (QED) is 0.440. The van der Waals surface area contributed by atoms with Gasteiger partial charge >= 0.3 is 0 Å². The number of fused-ring (bicyclic) bond motifs is 6. The van der Waals surface area contributed by atoms with Crippen molar-refractivity contribution in [2.75, 3.05) is 5.32 Å². The van der Waals surface area contributed by atoms with Crippen molar-refractivity contribution < 1.29 is 14.7 Å². The highest BCUT2D eigenvalue weighted by Gasteiger charge is 2.68. The summed E-state index contributed by atoms with van der Waals surface area (Å²) in [5.41, 5.74) is 3.61. The lowest BCUT2D eigenvalue weighted by atomic mass is 9.84. The van der Waals surface area contributed by atoms with Crippen LogP contribution >= 0.6 is 0 Å². The highest BCUT2D eigenvalue weighted by Crippen LogP contribution is 2.54. The van der Waals surface area contributed by atoms with Gasteiger partial charge in [-0.3, -0.25) is 9.59 Å². The summed E-state index contributed by atoms with van der Waals surface area (Å²) in [6, 6.07) is 13.0. The largest absolute Gasteiger partial charge is 0.381 e. The zero-order valence-electron chi connectivity index (χ0n) is 20.2. The zero-order chi connectivity index (χ0) is 24.5. The van der Waals surface area contributed by atoms with Crippen molar-refractivity contribution in [1.82, 2.24) is 15.2 Å². The number of carbonyl (C=O) groups excluding carboxylic acids is 2. The summed E-state index contributed by atoms with van der Waals surface area (Å²) in [6.07, 6.45) is 4.82. The van der Waals surface area contributed by atoms with Gasteiger partial charge in [0.2, 0.25) is 11.8 Å². The number of hydrogen-bond donors (Lipinski definition) is 4. The molecular weight excluding hydrogens is 440 g/mol. The average Bonchev–Trinajstić information content (AvgIpc) is 3.43. The van der Waals surface area contributed by atoms with Gasteiger partial charge < -0.3 is 25.6 Å². The summed E-state index contributed by atoms with van der Waals surface area (Å²) in [4.78, 5) is 32.2. The Bertz CT molecular complexity index is 1400. The fraction of sp³-hybridized carbons (Fsp3) is 0.357. The Morgan fingerprint density at radius 3 is 2.71 bits per heavy atom. The molecule has 0 bridgehead atoms. The third-order valence-corrected chi connectivity index (χ3v) is 7.91. The minimum Gasteiger partial charge on any atom is -0.381 e. The summed E-state index contributed by atoms with van der Waals surface area (Å²) in [5, 5.41) is 19.0. The number of rotatable bonds is 4. The molecule has 0 saturated carbocycles. The molecule has 4 atom stereocenters. The fourth-order valence-electron chi connectivity index (χ4n) is 6.16. The zero-order valence-corrected chi connectivity index (χ0v) is 20.2. The Morgan fingerprint density at radius 2 is 1.91 bits per heavy atom. The van der Waals surface area contributed by atoms with Crippen LogP contribution in [-0.4, -0.2) is 44.6 Å². The van der Waals surface area contributed by atoms with Crippen LogP contribution in [-0.2, 0) is 28.0 Å². The summed E-state index contributed by atoms with van der Waals surface area (Å²) < 4.78 is 0. The third kappa shape index (κ3) is 3.07. The molecule has 180 valence electrons. The molecule has 3 aliphatic rings. The predicted molar refractivity (Wildman–Crippen MR) is 135 cm³/mol. The molecule has 2 fully saturated rings. The molecule has 4 N–H and O–H groups in total.